The van der Waals surface area contributed by atoms with Crippen LogP contribution in [0.5, 0.6) is 0 Å². The fraction of sp³-hybridized carbons (Fsp3) is 0.633. The quantitative estimate of drug-likeness (QED) is 0.361. The number of alkyl halides is 1. The van der Waals surface area contributed by atoms with Crippen LogP contribution in [0.1, 0.15) is 74.7 Å². The van der Waals surface area contributed by atoms with Crippen molar-refractivity contribution in [3.05, 3.63) is 30.0 Å². The number of H-pyrrole nitrogens is 1. The molecule has 2 heterocycles. The Morgan fingerprint density at radius 1 is 1.05 bits per heavy atom. The van der Waals surface area contributed by atoms with Crippen LogP contribution in [0.15, 0.2) is 24.3 Å². The number of likely N-dealkylation sites (tertiary alicyclic amines) is 1. The molecule has 1 aromatic heterocycles. The van der Waals surface area contributed by atoms with E-state index >= 15 is 0 Å². The van der Waals surface area contributed by atoms with Crippen LogP contribution in [0.4, 0.5) is 10.1 Å². The van der Waals surface area contributed by atoms with Gasteiger partial charge in [0, 0.05) is 35.1 Å². The first-order chi connectivity index (χ1) is 20.0. The Hall–Kier alpha value is -2.99. The molecule has 3 amide bonds. The summed E-state index contributed by atoms with van der Waals surface area (Å²) in [5.74, 6) is -0.566. The van der Waals surface area contributed by atoms with Crippen LogP contribution in [0.25, 0.3) is 10.9 Å². The highest BCUT2D eigenvalue weighted by Crippen LogP contribution is 2.41. The third kappa shape index (κ3) is 6.80. The number of carbonyl (C=O) groups is 3. The average molecular weight is 604 g/mol. The SMILES string of the molecule is CS(=O)(=O)NC(=O)c1cc2cc(NC(=O)[C@@H]3[C@H](C4CCCCC4)CCN3C(=O)C3CCC([C@H](N)CF)CC3)ccc2[nH]1. The number of nitrogens with zero attached hydrogens (tertiary/aromatic N) is 1. The molecule has 0 spiro atoms. The molecule has 230 valence electrons. The fourth-order valence-electron chi connectivity index (χ4n) is 7.38. The molecule has 3 fully saturated rings. The van der Waals surface area contributed by atoms with E-state index in [1.807, 2.05) is 4.72 Å². The highest BCUT2D eigenvalue weighted by molar-refractivity contribution is 7.89. The number of sulfonamides is 1. The maximum Gasteiger partial charge on any atom is 0.281 e. The Balaban J connectivity index is 1.33. The van der Waals surface area contributed by atoms with E-state index in [1.54, 1.807) is 23.1 Å². The lowest BCUT2D eigenvalue weighted by atomic mass is 9.76. The Labute approximate surface area is 246 Å². The van der Waals surface area contributed by atoms with Gasteiger partial charge in [-0.1, -0.05) is 32.1 Å². The van der Waals surface area contributed by atoms with Crippen LogP contribution >= 0.6 is 0 Å². The van der Waals surface area contributed by atoms with Crippen molar-refractivity contribution in [1.82, 2.24) is 14.6 Å². The lowest BCUT2D eigenvalue weighted by Gasteiger charge is -2.36. The first-order valence-electron chi connectivity index (χ1n) is 15.1. The predicted octanol–water partition coefficient (Wildman–Crippen LogP) is 3.70. The van der Waals surface area contributed by atoms with Crippen LogP contribution in [0.2, 0.25) is 0 Å². The molecule has 3 atom stereocenters. The van der Waals surface area contributed by atoms with Gasteiger partial charge in [0.25, 0.3) is 5.91 Å². The summed E-state index contributed by atoms with van der Waals surface area (Å²) in [6, 6.07) is 5.66. The molecule has 5 N–H and O–H groups in total. The summed E-state index contributed by atoms with van der Waals surface area (Å²) < 4.78 is 38.0. The maximum absolute atomic E-state index is 14.0. The van der Waals surface area contributed by atoms with Crippen molar-refractivity contribution in [1.29, 1.82) is 0 Å². The van der Waals surface area contributed by atoms with E-state index in [1.165, 1.54) is 12.5 Å². The van der Waals surface area contributed by atoms with E-state index in [4.69, 9.17) is 5.73 Å². The summed E-state index contributed by atoms with van der Waals surface area (Å²) in [5, 5.41) is 3.67. The molecular formula is C30H42FN5O5S. The summed E-state index contributed by atoms with van der Waals surface area (Å²) in [5.41, 5.74) is 7.17. The van der Waals surface area contributed by atoms with Crippen molar-refractivity contribution in [3.8, 4) is 0 Å². The van der Waals surface area contributed by atoms with Crippen molar-refractivity contribution in [2.24, 2.45) is 29.4 Å². The highest BCUT2D eigenvalue weighted by atomic mass is 32.2. The second kappa shape index (κ2) is 12.7. The van der Waals surface area contributed by atoms with Gasteiger partial charge in [0.15, 0.2) is 0 Å². The second-order valence-corrected chi connectivity index (χ2v) is 14.2. The van der Waals surface area contributed by atoms with Crippen LogP contribution in [0, 0.1) is 23.7 Å². The molecule has 1 saturated heterocycles. The number of rotatable bonds is 8. The summed E-state index contributed by atoms with van der Waals surface area (Å²) in [6.07, 6.45) is 10.1. The number of hydrogen-bond donors (Lipinski definition) is 4. The molecule has 0 radical (unpaired) electrons. The van der Waals surface area contributed by atoms with E-state index < -0.39 is 34.7 Å². The number of anilines is 1. The van der Waals surface area contributed by atoms with Gasteiger partial charge in [0.05, 0.1) is 6.26 Å². The lowest BCUT2D eigenvalue weighted by molar-refractivity contribution is -0.142. The number of nitrogens with two attached hydrogens (primary N) is 1. The molecular weight excluding hydrogens is 561 g/mol. The van der Waals surface area contributed by atoms with Gasteiger partial charge in [-0.3, -0.25) is 14.4 Å². The zero-order valence-corrected chi connectivity index (χ0v) is 24.9. The van der Waals surface area contributed by atoms with Crippen molar-refractivity contribution < 1.29 is 27.2 Å². The zero-order valence-electron chi connectivity index (χ0n) is 24.1. The first kappa shape index (κ1) is 30.5. The minimum Gasteiger partial charge on any atom is -0.350 e. The number of fused-ring (bicyclic) bond motifs is 1. The van der Waals surface area contributed by atoms with Crippen molar-refractivity contribution in [3.63, 3.8) is 0 Å². The standard InChI is InChI=1S/C30H42FN5O5S/c1-42(40,41)35-28(37)26-16-21-15-22(11-12-25(21)34-26)33-29(38)27-23(18-5-3-2-4-6-18)13-14-36(27)30(39)20-9-7-19(8-10-20)24(32)17-31/h11-12,15-16,18-20,23-24,27,34H,2-10,13-14,17,32H2,1H3,(H,33,38)(H,35,37)/t19?,20?,23-,24+,27-/m0/s1. The molecule has 3 aliphatic rings. The lowest BCUT2D eigenvalue weighted by Crippen LogP contribution is -2.50. The van der Waals surface area contributed by atoms with Crippen LogP contribution in [-0.4, -0.2) is 67.6 Å². The molecule has 42 heavy (non-hydrogen) atoms. The topological polar surface area (TPSA) is 154 Å². The largest absolute Gasteiger partial charge is 0.350 e. The van der Waals surface area contributed by atoms with Gasteiger partial charge in [-0.15, -0.1) is 0 Å². The van der Waals surface area contributed by atoms with Gasteiger partial charge in [-0.05, 0) is 74.1 Å². The molecule has 2 saturated carbocycles. The number of aromatic amines is 1. The number of hydrogen-bond acceptors (Lipinski definition) is 6. The van der Waals surface area contributed by atoms with E-state index in [9.17, 15) is 27.2 Å². The molecule has 1 aliphatic heterocycles. The van der Waals surface area contributed by atoms with Crippen molar-refractivity contribution in [2.45, 2.75) is 76.3 Å². The monoisotopic (exact) mass is 603 g/mol. The van der Waals surface area contributed by atoms with Gasteiger partial charge < -0.3 is 20.9 Å². The Morgan fingerprint density at radius 3 is 2.43 bits per heavy atom. The van der Waals surface area contributed by atoms with Crippen molar-refractivity contribution in [2.75, 3.05) is 24.8 Å². The van der Waals surface area contributed by atoms with Crippen molar-refractivity contribution >= 4 is 44.3 Å². The number of benzene rings is 1. The minimum absolute atomic E-state index is 0.0170. The molecule has 12 heteroatoms. The van der Waals surface area contributed by atoms with Gasteiger partial charge in [0.2, 0.25) is 21.8 Å². The Kier molecular flexibility index (Phi) is 9.22. The van der Waals surface area contributed by atoms with Crippen LogP contribution in [-0.2, 0) is 19.6 Å². The second-order valence-electron chi connectivity index (χ2n) is 12.4. The third-order valence-corrected chi connectivity index (χ3v) is 10.1. The molecule has 5 rings (SSSR count). The Morgan fingerprint density at radius 2 is 1.76 bits per heavy atom. The number of halogens is 1. The van der Waals surface area contributed by atoms with Crippen LogP contribution in [0.3, 0.4) is 0 Å². The summed E-state index contributed by atoms with van der Waals surface area (Å²) >= 11 is 0. The third-order valence-electron chi connectivity index (χ3n) is 9.57. The maximum atomic E-state index is 14.0. The number of amides is 3. The summed E-state index contributed by atoms with van der Waals surface area (Å²) in [4.78, 5) is 44.8. The molecule has 1 aromatic carbocycles. The molecule has 2 aliphatic carbocycles. The fourth-order valence-corrected chi connectivity index (χ4v) is 7.83. The summed E-state index contributed by atoms with van der Waals surface area (Å²) in [7, 11) is -3.72. The normalized spacial score (nSPS) is 26.2. The molecule has 0 bridgehead atoms. The molecule has 10 nitrogen and oxygen atoms in total. The Bertz CT molecular complexity index is 1410. The molecule has 2 aromatic rings. The number of nitrogens with one attached hydrogen (secondary N) is 3. The average Bonchev–Trinajstić information content (AvgIpc) is 3.61. The predicted molar refractivity (Wildman–Crippen MR) is 159 cm³/mol. The van der Waals surface area contributed by atoms with Gasteiger partial charge >= 0.3 is 0 Å². The van der Waals surface area contributed by atoms with E-state index in [0.717, 1.165) is 51.2 Å². The molecule has 0 unspecified atom stereocenters. The number of aromatic nitrogens is 1. The van der Waals surface area contributed by atoms with E-state index in [2.05, 4.69) is 10.3 Å². The number of carbonyl (C=O) groups excluding carboxylic acids is 3. The van der Waals surface area contributed by atoms with Gasteiger partial charge in [-0.25, -0.2) is 17.5 Å². The first-order valence-corrected chi connectivity index (χ1v) is 17.0. The van der Waals surface area contributed by atoms with E-state index in [0.29, 0.717) is 41.9 Å². The van der Waals surface area contributed by atoms with E-state index in [-0.39, 0.29) is 35.3 Å². The highest BCUT2D eigenvalue weighted by Gasteiger charge is 2.47. The smallest absolute Gasteiger partial charge is 0.281 e. The summed E-state index contributed by atoms with van der Waals surface area (Å²) in [6.45, 7) is 0.00207. The van der Waals surface area contributed by atoms with Crippen LogP contribution < -0.4 is 15.8 Å². The zero-order chi connectivity index (χ0) is 30.0. The van der Waals surface area contributed by atoms with Gasteiger partial charge in [0.1, 0.15) is 18.4 Å². The minimum atomic E-state index is -3.72. The van der Waals surface area contributed by atoms with Gasteiger partial charge in [-0.2, -0.15) is 0 Å².